The molecule has 5 heteroatoms. The highest BCUT2D eigenvalue weighted by molar-refractivity contribution is 5.97. The van der Waals surface area contributed by atoms with Gasteiger partial charge in [-0.1, -0.05) is 13.8 Å². The first-order valence-electron chi connectivity index (χ1n) is 7.52. The van der Waals surface area contributed by atoms with E-state index in [1.165, 1.54) is 0 Å². The second-order valence-corrected chi connectivity index (χ2v) is 5.10. The Morgan fingerprint density at radius 3 is 2.57 bits per heavy atom. The minimum absolute atomic E-state index is 0.154. The van der Waals surface area contributed by atoms with Crippen molar-refractivity contribution in [2.75, 3.05) is 18.5 Å². The van der Waals surface area contributed by atoms with Crippen molar-refractivity contribution in [2.24, 2.45) is 0 Å². The summed E-state index contributed by atoms with van der Waals surface area (Å²) in [5.41, 5.74) is 0.591. The van der Waals surface area contributed by atoms with E-state index >= 15 is 0 Å². The van der Waals surface area contributed by atoms with E-state index in [-0.39, 0.29) is 5.91 Å². The van der Waals surface area contributed by atoms with Crippen LogP contribution < -0.4 is 10.1 Å². The third kappa shape index (κ3) is 4.70. The third-order valence-corrected chi connectivity index (χ3v) is 3.38. The van der Waals surface area contributed by atoms with Crippen molar-refractivity contribution in [2.45, 2.75) is 53.1 Å². The summed E-state index contributed by atoms with van der Waals surface area (Å²) in [6.07, 6.45) is 1.54. The molecular weight excluding hydrogens is 268 g/mol. The van der Waals surface area contributed by atoms with Gasteiger partial charge in [0.15, 0.2) is 0 Å². The molecule has 1 rings (SSSR count). The number of amides is 1. The molecule has 0 aliphatic carbocycles. The summed E-state index contributed by atoms with van der Waals surface area (Å²) in [6.45, 7) is 10.6. The van der Waals surface area contributed by atoms with Gasteiger partial charge in [-0.25, -0.2) is 4.98 Å². The van der Waals surface area contributed by atoms with Gasteiger partial charge in [-0.3, -0.25) is 4.79 Å². The predicted octanol–water partition coefficient (Wildman–Crippen LogP) is 3.32. The Morgan fingerprint density at radius 1 is 1.33 bits per heavy atom. The first-order chi connectivity index (χ1) is 9.96. The van der Waals surface area contributed by atoms with Crippen molar-refractivity contribution in [3.05, 3.63) is 17.8 Å². The number of pyridine rings is 1. The van der Waals surface area contributed by atoms with Crippen LogP contribution in [-0.2, 0) is 9.53 Å². The van der Waals surface area contributed by atoms with E-state index in [4.69, 9.17) is 9.47 Å². The molecule has 1 heterocycles. The zero-order valence-corrected chi connectivity index (χ0v) is 13.7. The van der Waals surface area contributed by atoms with Crippen molar-refractivity contribution >= 4 is 11.6 Å². The highest BCUT2D eigenvalue weighted by Crippen LogP contribution is 2.22. The lowest BCUT2D eigenvalue weighted by Crippen LogP contribution is -2.42. The summed E-state index contributed by atoms with van der Waals surface area (Å²) in [5, 5.41) is 2.89. The first-order valence-corrected chi connectivity index (χ1v) is 7.52. The lowest BCUT2D eigenvalue weighted by Gasteiger charge is -2.27. The molecule has 1 amide bonds. The van der Waals surface area contributed by atoms with E-state index < -0.39 is 5.60 Å². The van der Waals surface area contributed by atoms with Gasteiger partial charge < -0.3 is 14.8 Å². The number of hydrogen-bond acceptors (Lipinski definition) is 4. The van der Waals surface area contributed by atoms with Crippen LogP contribution in [0.15, 0.2) is 12.1 Å². The number of aromatic nitrogens is 1. The third-order valence-electron chi connectivity index (χ3n) is 3.38. The molecule has 118 valence electrons. The van der Waals surface area contributed by atoms with Crippen LogP contribution in [0.3, 0.4) is 0 Å². The lowest BCUT2D eigenvalue weighted by atomic mass is 10.0. The van der Waals surface area contributed by atoms with Crippen molar-refractivity contribution in [3.63, 3.8) is 0 Å². The van der Waals surface area contributed by atoms with Crippen molar-refractivity contribution in [3.8, 4) is 5.88 Å². The SMILES string of the molecule is CCCOc1ccc(NC(=O)C(C)(CC)OCC)c(C)n1. The summed E-state index contributed by atoms with van der Waals surface area (Å²) in [4.78, 5) is 16.7. The van der Waals surface area contributed by atoms with E-state index in [0.717, 1.165) is 12.1 Å². The summed E-state index contributed by atoms with van der Waals surface area (Å²) >= 11 is 0. The molecule has 1 atom stereocenters. The summed E-state index contributed by atoms with van der Waals surface area (Å²) in [6, 6.07) is 3.58. The van der Waals surface area contributed by atoms with Crippen LogP contribution in [0.2, 0.25) is 0 Å². The zero-order chi connectivity index (χ0) is 15.9. The molecule has 0 saturated heterocycles. The maximum Gasteiger partial charge on any atom is 0.256 e. The van der Waals surface area contributed by atoms with Crippen molar-refractivity contribution in [1.82, 2.24) is 4.98 Å². The number of anilines is 1. The summed E-state index contributed by atoms with van der Waals surface area (Å²) < 4.78 is 11.0. The van der Waals surface area contributed by atoms with Gasteiger partial charge in [-0.05, 0) is 39.7 Å². The average molecular weight is 294 g/mol. The fourth-order valence-electron chi connectivity index (χ4n) is 1.86. The maximum absolute atomic E-state index is 12.4. The number of rotatable bonds is 8. The molecule has 0 radical (unpaired) electrons. The number of ether oxygens (including phenoxy) is 2. The Balaban J connectivity index is 2.80. The van der Waals surface area contributed by atoms with Gasteiger partial charge in [-0.2, -0.15) is 0 Å². The van der Waals surface area contributed by atoms with E-state index in [1.54, 1.807) is 13.0 Å². The molecule has 1 N–H and O–H groups in total. The van der Waals surface area contributed by atoms with Crippen molar-refractivity contribution in [1.29, 1.82) is 0 Å². The molecule has 1 aromatic rings. The molecule has 0 aliphatic rings. The number of hydrogen-bond donors (Lipinski definition) is 1. The van der Waals surface area contributed by atoms with Gasteiger partial charge in [0.25, 0.3) is 5.91 Å². The predicted molar refractivity (Wildman–Crippen MR) is 83.7 cm³/mol. The topological polar surface area (TPSA) is 60.5 Å². The van der Waals surface area contributed by atoms with Crippen molar-refractivity contribution < 1.29 is 14.3 Å². The largest absolute Gasteiger partial charge is 0.478 e. The molecule has 0 aromatic carbocycles. The minimum Gasteiger partial charge on any atom is -0.478 e. The van der Waals surface area contributed by atoms with Crippen LogP contribution in [0.25, 0.3) is 0 Å². The number of carbonyl (C=O) groups excluding carboxylic acids is 1. The molecule has 0 aliphatic heterocycles. The second-order valence-electron chi connectivity index (χ2n) is 5.10. The normalized spacial score (nSPS) is 13.6. The lowest BCUT2D eigenvalue weighted by molar-refractivity contribution is -0.139. The Labute approximate surface area is 127 Å². The van der Waals surface area contributed by atoms with Crippen LogP contribution in [0.1, 0.15) is 46.2 Å². The number of nitrogens with zero attached hydrogens (tertiary/aromatic N) is 1. The van der Waals surface area contributed by atoms with Crippen LogP contribution in [0.4, 0.5) is 5.69 Å². The zero-order valence-electron chi connectivity index (χ0n) is 13.7. The highest BCUT2D eigenvalue weighted by atomic mass is 16.5. The van der Waals surface area contributed by atoms with E-state index in [0.29, 0.717) is 31.2 Å². The average Bonchev–Trinajstić information content (AvgIpc) is 2.47. The van der Waals surface area contributed by atoms with Crippen LogP contribution in [0, 0.1) is 6.92 Å². The molecule has 5 nitrogen and oxygen atoms in total. The van der Waals surface area contributed by atoms with E-state index in [1.807, 2.05) is 33.8 Å². The molecule has 1 unspecified atom stereocenters. The van der Waals surface area contributed by atoms with E-state index in [9.17, 15) is 4.79 Å². The molecule has 0 spiro atoms. The van der Waals surface area contributed by atoms with Gasteiger partial charge in [0, 0.05) is 12.7 Å². The standard InChI is InChI=1S/C16H26N2O3/c1-6-11-20-14-10-9-13(12(4)17-14)18-15(19)16(5,7-2)21-8-3/h9-10H,6-8,11H2,1-5H3,(H,18,19). The smallest absolute Gasteiger partial charge is 0.256 e. The Morgan fingerprint density at radius 2 is 2.05 bits per heavy atom. The van der Waals surface area contributed by atoms with Gasteiger partial charge in [0.2, 0.25) is 5.88 Å². The van der Waals surface area contributed by atoms with Crippen LogP contribution in [-0.4, -0.2) is 29.7 Å². The molecule has 0 bridgehead atoms. The monoisotopic (exact) mass is 294 g/mol. The van der Waals surface area contributed by atoms with Gasteiger partial charge in [0.05, 0.1) is 18.0 Å². The molecule has 0 fully saturated rings. The van der Waals surface area contributed by atoms with Crippen LogP contribution in [0.5, 0.6) is 5.88 Å². The van der Waals surface area contributed by atoms with Gasteiger partial charge in [-0.15, -0.1) is 0 Å². The summed E-state index contributed by atoms with van der Waals surface area (Å²) in [7, 11) is 0. The van der Waals surface area contributed by atoms with E-state index in [2.05, 4.69) is 10.3 Å². The fraction of sp³-hybridized carbons (Fsp3) is 0.625. The maximum atomic E-state index is 12.4. The number of carbonyl (C=O) groups is 1. The highest BCUT2D eigenvalue weighted by Gasteiger charge is 2.32. The van der Waals surface area contributed by atoms with Gasteiger partial charge in [0.1, 0.15) is 5.60 Å². The molecule has 21 heavy (non-hydrogen) atoms. The quantitative estimate of drug-likeness (QED) is 0.799. The molecule has 0 saturated carbocycles. The minimum atomic E-state index is -0.821. The number of aryl methyl sites for hydroxylation is 1. The molecular formula is C16H26N2O3. The second kappa shape index (κ2) is 7.98. The Kier molecular flexibility index (Phi) is 6.62. The first kappa shape index (κ1) is 17.4. The Hall–Kier alpha value is -1.62. The van der Waals surface area contributed by atoms with Gasteiger partial charge >= 0.3 is 0 Å². The summed E-state index contributed by atoms with van der Waals surface area (Å²) in [5.74, 6) is 0.425. The van der Waals surface area contributed by atoms with Crippen LogP contribution >= 0.6 is 0 Å². The Bertz CT molecular complexity index is 477. The molecule has 1 aromatic heterocycles. The number of nitrogens with one attached hydrogen (secondary N) is 1. The fourth-order valence-corrected chi connectivity index (χ4v) is 1.86.